The SMILES string of the molecule is Cc1ccc(CNC(C)C(=O)N2CCOCC2)nc1. The van der Waals surface area contributed by atoms with Crippen LogP contribution in [0.2, 0.25) is 0 Å². The zero-order valence-corrected chi connectivity index (χ0v) is 11.6. The highest BCUT2D eigenvalue weighted by atomic mass is 16.5. The molecule has 0 bridgehead atoms. The minimum atomic E-state index is -0.193. The summed E-state index contributed by atoms with van der Waals surface area (Å²) in [7, 11) is 0. The van der Waals surface area contributed by atoms with E-state index in [2.05, 4.69) is 10.3 Å². The molecule has 19 heavy (non-hydrogen) atoms. The fourth-order valence-corrected chi connectivity index (χ4v) is 2.01. The maximum atomic E-state index is 12.2. The number of carbonyl (C=O) groups excluding carboxylic acids is 1. The van der Waals surface area contributed by atoms with Gasteiger partial charge < -0.3 is 15.0 Å². The lowest BCUT2D eigenvalue weighted by atomic mass is 10.2. The Kier molecular flexibility index (Phi) is 4.87. The minimum absolute atomic E-state index is 0.135. The fraction of sp³-hybridized carbons (Fsp3) is 0.571. The molecule has 1 atom stereocenters. The largest absolute Gasteiger partial charge is 0.378 e. The van der Waals surface area contributed by atoms with Crippen LogP contribution >= 0.6 is 0 Å². The van der Waals surface area contributed by atoms with Crippen LogP contribution in [0.15, 0.2) is 18.3 Å². The van der Waals surface area contributed by atoms with E-state index in [0.29, 0.717) is 32.8 Å². The summed E-state index contributed by atoms with van der Waals surface area (Å²) in [5.74, 6) is 0.135. The number of hydrogen-bond donors (Lipinski definition) is 1. The maximum absolute atomic E-state index is 12.2. The van der Waals surface area contributed by atoms with Crippen LogP contribution in [0.5, 0.6) is 0 Å². The van der Waals surface area contributed by atoms with Crippen LogP contribution in [-0.4, -0.2) is 48.1 Å². The highest BCUT2D eigenvalue weighted by molar-refractivity contribution is 5.81. The second-order valence-corrected chi connectivity index (χ2v) is 4.87. The van der Waals surface area contributed by atoms with Crippen molar-refractivity contribution in [3.05, 3.63) is 29.6 Å². The molecule has 2 heterocycles. The molecule has 1 aromatic heterocycles. The van der Waals surface area contributed by atoms with E-state index in [1.165, 1.54) is 0 Å². The Morgan fingerprint density at radius 3 is 2.84 bits per heavy atom. The van der Waals surface area contributed by atoms with Gasteiger partial charge in [-0.15, -0.1) is 0 Å². The van der Waals surface area contributed by atoms with E-state index in [1.54, 1.807) is 0 Å². The number of rotatable bonds is 4. The van der Waals surface area contributed by atoms with Gasteiger partial charge in [-0.3, -0.25) is 9.78 Å². The number of pyridine rings is 1. The molecule has 1 amide bonds. The first kappa shape index (κ1) is 14.0. The molecule has 104 valence electrons. The summed E-state index contributed by atoms with van der Waals surface area (Å²) in [6.07, 6.45) is 1.84. The molecule has 5 heteroatoms. The topological polar surface area (TPSA) is 54.5 Å². The zero-order valence-electron chi connectivity index (χ0n) is 11.6. The molecule has 5 nitrogen and oxygen atoms in total. The number of hydrogen-bond acceptors (Lipinski definition) is 4. The number of ether oxygens (including phenoxy) is 1. The Morgan fingerprint density at radius 2 is 2.21 bits per heavy atom. The van der Waals surface area contributed by atoms with Crippen molar-refractivity contribution < 1.29 is 9.53 Å². The van der Waals surface area contributed by atoms with Crippen molar-refractivity contribution in [1.29, 1.82) is 0 Å². The van der Waals surface area contributed by atoms with E-state index in [4.69, 9.17) is 4.74 Å². The summed E-state index contributed by atoms with van der Waals surface area (Å²) in [4.78, 5) is 18.3. The Labute approximate surface area is 114 Å². The lowest BCUT2D eigenvalue weighted by Crippen LogP contribution is -2.49. The molecule has 1 unspecified atom stereocenters. The van der Waals surface area contributed by atoms with Gasteiger partial charge in [0.1, 0.15) is 0 Å². The quantitative estimate of drug-likeness (QED) is 0.870. The van der Waals surface area contributed by atoms with Gasteiger partial charge in [-0.25, -0.2) is 0 Å². The zero-order chi connectivity index (χ0) is 13.7. The Hall–Kier alpha value is -1.46. The van der Waals surface area contributed by atoms with Crippen LogP contribution in [-0.2, 0) is 16.1 Å². The number of aryl methyl sites for hydroxylation is 1. The molecule has 1 fully saturated rings. The molecule has 1 saturated heterocycles. The predicted octanol–water partition coefficient (Wildman–Crippen LogP) is 0.727. The number of amides is 1. The third-order valence-corrected chi connectivity index (χ3v) is 3.26. The molecule has 0 aliphatic carbocycles. The highest BCUT2D eigenvalue weighted by Gasteiger charge is 2.21. The van der Waals surface area contributed by atoms with Crippen molar-refractivity contribution in [3.63, 3.8) is 0 Å². The third kappa shape index (κ3) is 4.01. The molecule has 1 aliphatic heterocycles. The summed E-state index contributed by atoms with van der Waals surface area (Å²) in [5.41, 5.74) is 2.09. The molecule has 0 spiro atoms. The van der Waals surface area contributed by atoms with Crippen LogP contribution in [0.4, 0.5) is 0 Å². The summed E-state index contributed by atoms with van der Waals surface area (Å²) >= 11 is 0. The van der Waals surface area contributed by atoms with Gasteiger partial charge in [0.05, 0.1) is 24.9 Å². The average Bonchev–Trinajstić information content (AvgIpc) is 2.46. The Morgan fingerprint density at radius 1 is 1.47 bits per heavy atom. The first-order valence-corrected chi connectivity index (χ1v) is 6.68. The van der Waals surface area contributed by atoms with Gasteiger partial charge in [-0.1, -0.05) is 6.07 Å². The maximum Gasteiger partial charge on any atom is 0.239 e. The van der Waals surface area contributed by atoms with Gasteiger partial charge in [0.25, 0.3) is 0 Å². The molecular weight excluding hydrogens is 242 g/mol. The Balaban J connectivity index is 1.81. The van der Waals surface area contributed by atoms with Crippen molar-refractivity contribution >= 4 is 5.91 Å². The first-order valence-electron chi connectivity index (χ1n) is 6.68. The van der Waals surface area contributed by atoms with Crippen molar-refractivity contribution in [2.45, 2.75) is 26.4 Å². The van der Waals surface area contributed by atoms with E-state index < -0.39 is 0 Å². The van der Waals surface area contributed by atoms with Gasteiger partial charge >= 0.3 is 0 Å². The van der Waals surface area contributed by atoms with Crippen molar-refractivity contribution in [3.8, 4) is 0 Å². The van der Waals surface area contributed by atoms with E-state index in [-0.39, 0.29) is 11.9 Å². The van der Waals surface area contributed by atoms with Crippen LogP contribution in [0.3, 0.4) is 0 Å². The predicted molar refractivity (Wildman–Crippen MR) is 72.7 cm³/mol. The second kappa shape index (κ2) is 6.63. The van der Waals surface area contributed by atoms with Crippen LogP contribution in [0.1, 0.15) is 18.2 Å². The number of carbonyl (C=O) groups is 1. The van der Waals surface area contributed by atoms with Crippen molar-refractivity contribution in [2.24, 2.45) is 0 Å². The van der Waals surface area contributed by atoms with Crippen molar-refractivity contribution in [2.75, 3.05) is 26.3 Å². The molecular formula is C14H21N3O2. The molecule has 1 aromatic rings. The Bertz CT molecular complexity index is 413. The molecule has 1 N–H and O–H groups in total. The van der Waals surface area contributed by atoms with Crippen molar-refractivity contribution in [1.82, 2.24) is 15.2 Å². The van der Waals surface area contributed by atoms with Gasteiger partial charge in [-0.2, -0.15) is 0 Å². The molecule has 2 rings (SSSR count). The highest BCUT2D eigenvalue weighted by Crippen LogP contribution is 2.02. The van der Waals surface area contributed by atoms with Gasteiger partial charge in [0.15, 0.2) is 0 Å². The van der Waals surface area contributed by atoms with E-state index in [9.17, 15) is 4.79 Å². The smallest absolute Gasteiger partial charge is 0.239 e. The number of nitrogens with zero attached hydrogens (tertiary/aromatic N) is 2. The van der Waals surface area contributed by atoms with E-state index in [0.717, 1.165) is 11.3 Å². The van der Waals surface area contributed by atoms with Gasteiger partial charge in [0, 0.05) is 25.8 Å². The van der Waals surface area contributed by atoms with Gasteiger partial charge in [-0.05, 0) is 25.5 Å². The summed E-state index contributed by atoms with van der Waals surface area (Å²) in [5, 5.41) is 3.22. The number of nitrogens with one attached hydrogen (secondary N) is 1. The lowest BCUT2D eigenvalue weighted by molar-refractivity contribution is -0.137. The normalized spacial score (nSPS) is 17.3. The molecule has 1 aliphatic rings. The molecule has 0 saturated carbocycles. The minimum Gasteiger partial charge on any atom is -0.378 e. The monoisotopic (exact) mass is 263 g/mol. The number of morpholine rings is 1. The van der Waals surface area contributed by atoms with Crippen LogP contribution in [0.25, 0.3) is 0 Å². The number of aromatic nitrogens is 1. The second-order valence-electron chi connectivity index (χ2n) is 4.87. The summed E-state index contributed by atoms with van der Waals surface area (Å²) < 4.78 is 5.25. The first-order chi connectivity index (χ1) is 9.16. The van der Waals surface area contributed by atoms with E-state index in [1.807, 2.05) is 37.1 Å². The fourth-order valence-electron chi connectivity index (χ4n) is 2.01. The average molecular weight is 263 g/mol. The molecule has 0 radical (unpaired) electrons. The van der Waals surface area contributed by atoms with Gasteiger partial charge in [0.2, 0.25) is 5.91 Å². The standard InChI is InChI=1S/C14H21N3O2/c1-11-3-4-13(16-9-11)10-15-12(2)14(18)17-5-7-19-8-6-17/h3-4,9,12,15H,5-8,10H2,1-2H3. The van der Waals surface area contributed by atoms with Crippen LogP contribution in [0, 0.1) is 6.92 Å². The summed E-state index contributed by atoms with van der Waals surface area (Å²) in [6.45, 7) is 7.16. The molecule has 0 aromatic carbocycles. The summed E-state index contributed by atoms with van der Waals surface area (Å²) in [6, 6.07) is 3.81. The van der Waals surface area contributed by atoms with Crippen LogP contribution < -0.4 is 5.32 Å². The third-order valence-electron chi connectivity index (χ3n) is 3.26. The lowest BCUT2D eigenvalue weighted by Gasteiger charge is -2.29. The van der Waals surface area contributed by atoms with E-state index >= 15 is 0 Å².